The molecule has 128 valence electrons. The van der Waals surface area contributed by atoms with Crippen LogP contribution < -0.4 is 5.32 Å². The first-order valence-electron chi connectivity index (χ1n) is 8.57. The van der Waals surface area contributed by atoms with Gasteiger partial charge in [-0.2, -0.15) is 5.10 Å². The van der Waals surface area contributed by atoms with E-state index in [9.17, 15) is 4.79 Å². The van der Waals surface area contributed by atoms with Crippen molar-refractivity contribution in [3.8, 4) is 0 Å². The van der Waals surface area contributed by atoms with Crippen LogP contribution in [-0.2, 0) is 4.74 Å². The number of amides is 1. The minimum atomic E-state index is -0.118. The van der Waals surface area contributed by atoms with Gasteiger partial charge in [0.05, 0.1) is 18.9 Å². The van der Waals surface area contributed by atoms with E-state index in [1.54, 1.807) is 16.9 Å². The van der Waals surface area contributed by atoms with Crippen LogP contribution in [0.2, 0.25) is 0 Å². The highest BCUT2D eigenvalue weighted by atomic mass is 16.5. The summed E-state index contributed by atoms with van der Waals surface area (Å²) in [6, 6.07) is 4.20. The van der Waals surface area contributed by atoms with Crippen LogP contribution in [0.5, 0.6) is 0 Å². The molecule has 7 nitrogen and oxygen atoms in total. The van der Waals surface area contributed by atoms with Crippen molar-refractivity contribution in [2.75, 3.05) is 19.7 Å². The number of aromatic nitrogens is 3. The molecule has 2 aromatic rings. The van der Waals surface area contributed by atoms with Crippen LogP contribution in [0.15, 0.2) is 24.5 Å². The fourth-order valence-corrected chi connectivity index (χ4v) is 3.65. The van der Waals surface area contributed by atoms with Gasteiger partial charge in [-0.25, -0.2) is 9.50 Å². The number of ether oxygens (including phenoxy) is 1. The number of carbonyl (C=O) groups excluding carboxylic acids is 1. The molecule has 2 fully saturated rings. The quantitative estimate of drug-likeness (QED) is 0.908. The summed E-state index contributed by atoms with van der Waals surface area (Å²) in [6.45, 7) is 6.97. The number of hydrogen-bond donors (Lipinski definition) is 1. The van der Waals surface area contributed by atoms with E-state index in [0.717, 1.165) is 26.1 Å². The monoisotopic (exact) mass is 329 g/mol. The Labute approximate surface area is 141 Å². The van der Waals surface area contributed by atoms with Crippen molar-refractivity contribution < 1.29 is 9.53 Å². The van der Waals surface area contributed by atoms with Gasteiger partial charge in [-0.05, 0) is 24.5 Å². The third-order valence-electron chi connectivity index (χ3n) is 5.03. The standard InChI is InChI=1S/C17H23N5O2/c1-11(2)15-9-21-8-12(6-13(21)10-24-15)20-17(23)14-7-18-16-4-3-5-19-22(14)16/h3-5,7,11-13,15H,6,8-10H2,1-2H3,(H,20,23)/t12-,13-,15+/m0/s1. The fraction of sp³-hybridized carbons (Fsp3) is 0.588. The van der Waals surface area contributed by atoms with E-state index >= 15 is 0 Å². The summed E-state index contributed by atoms with van der Waals surface area (Å²) in [6.07, 6.45) is 4.46. The highest BCUT2D eigenvalue weighted by Crippen LogP contribution is 2.26. The minimum Gasteiger partial charge on any atom is -0.375 e. The summed E-state index contributed by atoms with van der Waals surface area (Å²) in [5.74, 6) is 0.399. The molecule has 0 bridgehead atoms. The summed E-state index contributed by atoms with van der Waals surface area (Å²) in [5.41, 5.74) is 1.16. The molecule has 0 radical (unpaired) electrons. The van der Waals surface area contributed by atoms with E-state index in [2.05, 4.69) is 34.1 Å². The maximum Gasteiger partial charge on any atom is 0.271 e. The zero-order chi connectivity index (χ0) is 16.7. The first-order chi connectivity index (χ1) is 11.6. The van der Waals surface area contributed by atoms with E-state index in [4.69, 9.17) is 4.74 Å². The van der Waals surface area contributed by atoms with Gasteiger partial charge in [-0.3, -0.25) is 9.69 Å². The number of imidazole rings is 1. The fourth-order valence-electron chi connectivity index (χ4n) is 3.65. The Morgan fingerprint density at radius 1 is 1.42 bits per heavy atom. The number of rotatable bonds is 3. The van der Waals surface area contributed by atoms with Gasteiger partial charge in [0.1, 0.15) is 5.69 Å². The highest BCUT2D eigenvalue weighted by molar-refractivity contribution is 5.93. The lowest BCUT2D eigenvalue weighted by molar-refractivity contribution is -0.0683. The van der Waals surface area contributed by atoms with Crippen LogP contribution in [-0.4, -0.2) is 63.3 Å². The Kier molecular flexibility index (Phi) is 3.97. The van der Waals surface area contributed by atoms with Crippen molar-refractivity contribution in [1.29, 1.82) is 0 Å². The second-order valence-electron chi connectivity index (χ2n) is 7.07. The Hall–Kier alpha value is -1.99. The smallest absolute Gasteiger partial charge is 0.271 e. The molecule has 24 heavy (non-hydrogen) atoms. The molecule has 2 aliphatic rings. The molecule has 1 N–H and O–H groups in total. The van der Waals surface area contributed by atoms with Gasteiger partial charge < -0.3 is 10.1 Å². The first-order valence-corrected chi connectivity index (χ1v) is 8.57. The molecule has 4 rings (SSSR count). The zero-order valence-electron chi connectivity index (χ0n) is 14.1. The van der Waals surface area contributed by atoms with Gasteiger partial charge in [-0.1, -0.05) is 13.8 Å². The maximum absolute atomic E-state index is 12.6. The van der Waals surface area contributed by atoms with Crippen LogP contribution in [0.1, 0.15) is 30.8 Å². The Bertz CT molecular complexity index is 743. The zero-order valence-corrected chi connectivity index (χ0v) is 14.1. The molecule has 0 spiro atoms. The topological polar surface area (TPSA) is 71.8 Å². The normalized spacial score (nSPS) is 27.5. The molecule has 7 heteroatoms. The molecule has 1 amide bonds. The highest BCUT2D eigenvalue weighted by Gasteiger charge is 2.38. The summed E-state index contributed by atoms with van der Waals surface area (Å²) < 4.78 is 7.54. The second-order valence-corrected chi connectivity index (χ2v) is 7.07. The third-order valence-corrected chi connectivity index (χ3v) is 5.03. The number of fused-ring (bicyclic) bond motifs is 2. The summed E-state index contributed by atoms with van der Waals surface area (Å²) in [4.78, 5) is 19.3. The van der Waals surface area contributed by atoms with Crippen molar-refractivity contribution >= 4 is 11.6 Å². The van der Waals surface area contributed by atoms with E-state index in [1.165, 1.54) is 0 Å². The van der Waals surface area contributed by atoms with Crippen LogP contribution >= 0.6 is 0 Å². The molecule has 0 aliphatic carbocycles. The second kappa shape index (κ2) is 6.14. The Morgan fingerprint density at radius 3 is 3.12 bits per heavy atom. The average Bonchev–Trinajstić information content (AvgIpc) is 3.17. The van der Waals surface area contributed by atoms with Crippen LogP contribution in [0.3, 0.4) is 0 Å². The Balaban J connectivity index is 1.42. The van der Waals surface area contributed by atoms with E-state index in [-0.39, 0.29) is 11.9 Å². The third kappa shape index (κ3) is 2.78. The molecule has 3 atom stereocenters. The summed E-state index contributed by atoms with van der Waals surface area (Å²) in [5, 5.41) is 7.34. The lowest BCUT2D eigenvalue weighted by atomic mass is 10.0. The SMILES string of the molecule is CC(C)[C@H]1CN2C[C@@H](NC(=O)c3cnc4cccnn34)C[C@H]2CO1. The predicted molar refractivity (Wildman–Crippen MR) is 88.8 cm³/mol. The molecule has 2 saturated heterocycles. The molecule has 0 unspecified atom stereocenters. The van der Waals surface area contributed by atoms with Gasteiger partial charge in [0.25, 0.3) is 5.91 Å². The number of morpholine rings is 1. The van der Waals surface area contributed by atoms with E-state index in [0.29, 0.717) is 29.4 Å². The van der Waals surface area contributed by atoms with Gasteiger partial charge >= 0.3 is 0 Å². The average molecular weight is 329 g/mol. The van der Waals surface area contributed by atoms with Gasteiger partial charge in [0.2, 0.25) is 0 Å². The molecule has 4 heterocycles. The number of hydrogen-bond acceptors (Lipinski definition) is 5. The van der Waals surface area contributed by atoms with Crippen molar-refractivity contribution in [2.45, 2.75) is 38.5 Å². The lowest BCUT2D eigenvalue weighted by Crippen LogP contribution is -2.48. The first kappa shape index (κ1) is 15.5. The number of carbonyl (C=O) groups is 1. The molecule has 2 aromatic heterocycles. The van der Waals surface area contributed by atoms with Crippen molar-refractivity contribution in [1.82, 2.24) is 24.8 Å². The number of nitrogens with zero attached hydrogens (tertiary/aromatic N) is 4. The van der Waals surface area contributed by atoms with Crippen LogP contribution in [0.25, 0.3) is 5.65 Å². The van der Waals surface area contributed by atoms with E-state index < -0.39 is 0 Å². The molecular formula is C17H23N5O2. The van der Waals surface area contributed by atoms with Crippen LogP contribution in [0, 0.1) is 5.92 Å². The van der Waals surface area contributed by atoms with Crippen molar-refractivity contribution in [3.05, 3.63) is 30.2 Å². The van der Waals surface area contributed by atoms with Gasteiger partial charge in [-0.15, -0.1) is 0 Å². The largest absolute Gasteiger partial charge is 0.375 e. The number of nitrogens with one attached hydrogen (secondary N) is 1. The molecule has 0 aromatic carbocycles. The van der Waals surface area contributed by atoms with Crippen LogP contribution in [0.4, 0.5) is 0 Å². The van der Waals surface area contributed by atoms with Crippen molar-refractivity contribution in [3.63, 3.8) is 0 Å². The molecule has 0 saturated carbocycles. The molecule has 2 aliphatic heterocycles. The van der Waals surface area contributed by atoms with E-state index in [1.807, 2.05) is 12.1 Å². The van der Waals surface area contributed by atoms with Gasteiger partial charge in [0, 0.05) is 31.4 Å². The maximum atomic E-state index is 12.6. The molecular weight excluding hydrogens is 306 g/mol. The summed E-state index contributed by atoms with van der Waals surface area (Å²) >= 11 is 0. The van der Waals surface area contributed by atoms with Crippen molar-refractivity contribution in [2.24, 2.45) is 5.92 Å². The minimum absolute atomic E-state index is 0.118. The predicted octanol–water partition coefficient (Wildman–Crippen LogP) is 0.957. The lowest BCUT2D eigenvalue weighted by Gasteiger charge is -2.36. The summed E-state index contributed by atoms with van der Waals surface area (Å²) in [7, 11) is 0. The Morgan fingerprint density at radius 2 is 2.29 bits per heavy atom. The van der Waals surface area contributed by atoms with Gasteiger partial charge in [0.15, 0.2) is 5.65 Å².